The number of carboxylic acids is 1. The molecule has 1 aliphatic rings. The molecule has 0 aliphatic carbocycles. The maximum atomic E-state index is 11.5. The van der Waals surface area contributed by atoms with Crippen LogP contribution in [0.15, 0.2) is 30.3 Å². The Morgan fingerprint density at radius 3 is 2.39 bits per heavy atom. The first kappa shape index (κ1) is 13.2. The van der Waals surface area contributed by atoms with Gasteiger partial charge in [0.2, 0.25) is 0 Å². The molecule has 0 bridgehead atoms. The Morgan fingerprint density at radius 2 is 1.94 bits per heavy atom. The fourth-order valence-electron chi connectivity index (χ4n) is 2.26. The SMILES string of the molecule is O=C(O)[C@]1(c2ccccc2)C[C@@H](P(=O)(O)O)CN1. The molecule has 0 saturated carbocycles. The van der Waals surface area contributed by atoms with E-state index >= 15 is 0 Å². The summed E-state index contributed by atoms with van der Waals surface area (Å²) in [5.41, 5.74) is -1.87. The van der Waals surface area contributed by atoms with Crippen molar-refractivity contribution in [2.45, 2.75) is 17.6 Å². The van der Waals surface area contributed by atoms with Crippen LogP contribution in [-0.4, -0.2) is 33.1 Å². The van der Waals surface area contributed by atoms with Gasteiger partial charge >= 0.3 is 13.6 Å². The molecule has 1 saturated heterocycles. The number of benzene rings is 1. The van der Waals surface area contributed by atoms with Crippen LogP contribution in [0.25, 0.3) is 0 Å². The fourth-order valence-corrected chi connectivity index (χ4v) is 3.10. The second-order valence-corrected chi connectivity index (χ2v) is 6.31. The van der Waals surface area contributed by atoms with E-state index in [-0.39, 0.29) is 13.0 Å². The molecule has 0 spiro atoms. The summed E-state index contributed by atoms with van der Waals surface area (Å²) in [5, 5.41) is 12.1. The smallest absolute Gasteiger partial charge is 0.329 e. The number of hydrogen-bond acceptors (Lipinski definition) is 3. The molecule has 1 aromatic carbocycles. The second-order valence-electron chi connectivity index (χ2n) is 4.40. The van der Waals surface area contributed by atoms with Gasteiger partial charge in [0.05, 0.1) is 5.66 Å². The molecule has 2 atom stereocenters. The summed E-state index contributed by atoms with van der Waals surface area (Å²) in [5.74, 6) is -1.12. The Kier molecular flexibility index (Phi) is 3.29. The van der Waals surface area contributed by atoms with Crippen LogP contribution in [0.5, 0.6) is 0 Å². The van der Waals surface area contributed by atoms with E-state index in [4.69, 9.17) is 9.79 Å². The van der Waals surface area contributed by atoms with Gasteiger partial charge in [0.1, 0.15) is 5.54 Å². The average molecular weight is 271 g/mol. The zero-order valence-corrected chi connectivity index (χ0v) is 10.4. The molecule has 0 aromatic heterocycles. The molecule has 1 fully saturated rings. The largest absolute Gasteiger partial charge is 0.480 e. The summed E-state index contributed by atoms with van der Waals surface area (Å²) in [4.78, 5) is 29.8. The average Bonchev–Trinajstić information content (AvgIpc) is 2.76. The summed E-state index contributed by atoms with van der Waals surface area (Å²) in [6.45, 7) is -0.00846. The normalized spacial score (nSPS) is 28.2. The van der Waals surface area contributed by atoms with E-state index < -0.39 is 24.8 Å². The van der Waals surface area contributed by atoms with Gasteiger partial charge < -0.3 is 14.9 Å². The van der Waals surface area contributed by atoms with Gasteiger partial charge in [-0.2, -0.15) is 0 Å². The molecule has 2 rings (SSSR count). The molecule has 1 aliphatic heterocycles. The minimum Gasteiger partial charge on any atom is -0.480 e. The van der Waals surface area contributed by atoms with E-state index in [1.807, 2.05) is 0 Å². The van der Waals surface area contributed by atoms with E-state index in [1.54, 1.807) is 30.3 Å². The first-order valence-electron chi connectivity index (χ1n) is 5.45. The Balaban J connectivity index is 2.38. The summed E-state index contributed by atoms with van der Waals surface area (Å²) >= 11 is 0. The predicted octanol–water partition coefficient (Wildman–Crippen LogP) is 0.506. The lowest BCUT2D eigenvalue weighted by atomic mass is 9.88. The minimum absolute atomic E-state index is 0.00846. The van der Waals surface area contributed by atoms with Gasteiger partial charge in [-0.05, 0) is 12.0 Å². The van der Waals surface area contributed by atoms with Crippen molar-refractivity contribution in [1.29, 1.82) is 0 Å². The Bertz CT molecular complexity index is 499. The van der Waals surface area contributed by atoms with Gasteiger partial charge in [-0.15, -0.1) is 0 Å². The van der Waals surface area contributed by atoms with E-state index in [2.05, 4.69) is 5.32 Å². The van der Waals surface area contributed by atoms with E-state index in [9.17, 15) is 14.5 Å². The van der Waals surface area contributed by atoms with Crippen LogP contribution in [0.4, 0.5) is 0 Å². The summed E-state index contributed by atoms with van der Waals surface area (Å²) in [7, 11) is -4.28. The maximum absolute atomic E-state index is 11.5. The predicted molar refractivity (Wildman–Crippen MR) is 64.2 cm³/mol. The van der Waals surface area contributed by atoms with Crippen molar-refractivity contribution < 1.29 is 24.3 Å². The number of carboxylic acid groups (broad SMARTS) is 1. The highest BCUT2D eigenvalue weighted by atomic mass is 31.2. The number of hydrogen-bond donors (Lipinski definition) is 4. The molecule has 98 valence electrons. The first-order valence-corrected chi connectivity index (χ1v) is 7.13. The fraction of sp³-hybridized carbons (Fsp3) is 0.364. The van der Waals surface area contributed by atoms with Crippen molar-refractivity contribution in [3.05, 3.63) is 35.9 Å². The monoisotopic (exact) mass is 271 g/mol. The highest BCUT2D eigenvalue weighted by Crippen LogP contribution is 2.49. The van der Waals surface area contributed by atoms with Gasteiger partial charge in [0, 0.05) is 6.54 Å². The number of rotatable bonds is 3. The summed E-state index contributed by atoms with van der Waals surface area (Å²) < 4.78 is 11.2. The molecular formula is C11H14NO5P. The number of carbonyl (C=O) groups is 1. The van der Waals surface area contributed by atoms with Crippen LogP contribution in [0.3, 0.4) is 0 Å². The van der Waals surface area contributed by atoms with E-state index in [1.165, 1.54) is 0 Å². The third kappa shape index (κ3) is 2.20. The number of nitrogens with one attached hydrogen (secondary N) is 1. The summed E-state index contributed by atoms with van der Waals surface area (Å²) in [6.07, 6.45) is -0.114. The minimum atomic E-state index is -4.28. The van der Waals surface area contributed by atoms with E-state index in [0.29, 0.717) is 5.56 Å². The Morgan fingerprint density at radius 1 is 1.33 bits per heavy atom. The molecule has 0 radical (unpaired) electrons. The van der Waals surface area contributed by atoms with Crippen LogP contribution in [-0.2, 0) is 14.9 Å². The quantitative estimate of drug-likeness (QED) is 0.597. The van der Waals surface area contributed by atoms with Crippen LogP contribution in [0, 0.1) is 0 Å². The lowest BCUT2D eigenvalue weighted by Crippen LogP contribution is -2.44. The van der Waals surface area contributed by atoms with Crippen molar-refractivity contribution in [3.63, 3.8) is 0 Å². The van der Waals surface area contributed by atoms with Crippen molar-refractivity contribution in [3.8, 4) is 0 Å². The Labute approximate surface area is 104 Å². The molecular weight excluding hydrogens is 257 g/mol. The topological polar surface area (TPSA) is 107 Å². The van der Waals surface area contributed by atoms with Gasteiger partial charge in [-0.1, -0.05) is 30.3 Å². The summed E-state index contributed by atoms with van der Waals surface area (Å²) in [6, 6.07) is 8.44. The molecule has 1 aromatic rings. The molecule has 0 unspecified atom stereocenters. The van der Waals surface area contributed by atoms with Gasteiger partial charge in [0.25, 0.3) is 0 Å². The Hall–Kier alpha value is -1.20. The number of aliphatic carboxylic acids is 1. The van der Waals surface area contributed by atoms with Crippen molar-refractivity contribution >= 4 is 13.6 Å². The molecule has 0 amide bonds. The second kappa shape index (κ2) is 4.48. The van der Waals surface area contributed by atoms with Crippen LogP contribution >= 0.6 is 7.60 Å². The van der Waals surface area contributed by atoms with Gasteiger partial charge in [-0.3, -0.25) is 9.88 Å². The van der Waals surface area contributed by atoms with Crippen molar-refractivity contribution in [1.82, 2.24) is 5.32 Å². The van der Waals surface area contributed by atoms with Crippen molar-refractivity contribution in [2.75, 3.05) is 6.54 Å². The van der Waals surface area contributed by atoms with Crippen LogP contribution in [0.1, 0.15) is 12.0 Å². The zero-order chi connectivity index (χ0) is 13.4. The first-order chi connectivity index (χ1) is 8.36. The third-order valence-corrected chi connectivity index (χ3v) is 4.61. The molecule has 7 heteroatoms. The highest BCUT2D eigenvalue weighted by Gasteiger charge is 2.51. The molecule has 1 heterocycles. The maximum Gasteiger partial charge on any atom is 0.329 e. The molecule has 4 N–H and O–H groups in total. The highest BCUT2D eigenvalue weighted by molar-refractivity contribution is 7.52. The van der Waals surface area contributed by atoms with Crippen LogP contribution < -0.4 is 5.32 Å². The van der Waals surface area contributed by atoms with Crippen molar-refractivity contribution in [2.24, 2.45) is 0 Å². The molecule has 6 nitrogen and oxygen atoms in total. The lowest BCUT2D eigenvalue weighted by Gasteiger charge is -2.25. The van der Waals surface area contributed by atoms with Gasteiger partial charge in [-0.25, -0.2) is 4.79 Å². The standard InChI is InChI=1S/C11H14NO5P/c13-10(14)11(8-4-2-1-3-5-8)6-9(7-12-11)18(15,16)17/h1-5,9,12H,6-7H2,(H,13,14)(H2,15,16,17)/t9-,11-/m1/s1. The lowest BCUT2D eigenvalue weighted by molar-refractivity contribution is -0.144. The van der Waals surface area contributed by atoms with Crippen LogP contribution in [0.2, 0.25) is 0 Å². The zero-order valence-electron chi connectivity index (χ0n) is 9.48. The van der Waals surface area contributed by atoms with Gasteiger partial charge in [0.15, 0.2) is 0 Å². The molecule has 18 heavy (non-hydrogen) atoms. The third-order valence-electron chi connectivity index (χ3n) is 3.29. The van der Waals surface area contributed by atoms with E-state index in [0.717, 1.165) is 0 Å².